The summed E-state index contributed by atoms with van der Waals surface area (Å²) in [6, 6.07) is 29.6. The summed E-state index contributed by atoms with van der Waals surface area (Å²) in [5.41, 5.74) is 4.96. The van der Waals surface area contributed by atoms with Crippen molar-refractivity contribution in [2.24, 2.45) is 0 Å². The predicted octanol–water partition coefficient (Wildman–Crippen LogP) is 7.44. The molecule has 0 spiro atoms. The van der Waals surface area contributed by atoms with E-state index in [-0.39, 0.29) is 22.8 Å². The van der Waals surface area contributed by atoms with Gasteiger partial charge in [0, 0.05) is 16.1 Å². The van der Waals surface area contributed by atoms with E-state index in [4.69, 9.17) is 0 Å². The van der Waals surface area contributed by atoms with E-state index in [0.717, 1.165) is 31.8 Å². The number of benzene rings is 4. The number of aryl methyl sites for hydroxylation is 2. The van der Waals surface area contributed by atoms with Crippen LogP contribution in [0.15, 0.2) is 108 Å². The van der Waals surface area contributed by atoms with Crippen LogP contribution in [-0.4, -0.2) is 28.0 Å². The maximum absolute atomic E-state index is 13.3. The third-order valence-corrected chi connectivity index (χ3v) is 8.50. The van der Waals surface area contributed by atoms with Gasteiger partial charge in [-0.25, -0.2) is 4.98 Å². The lowest BCUT2D eigenvalue weighted by Crippen LogP contribution is -2.30. The van der Waals surface area contributed by atoms with Gasteiger partial charge in [-0.2, -0.15) is 0 Å². The second kappa shape index (κ2) is 13.5. The number of amides is 3. The number of aromatic nitrogens is 1. The fourth-order valence-corrected chi connectivity index (χ4v) is 6.07. The van der Waals surface area contributed by atoms with Crippen LogP contribution in [0.2, 0.25) is 0 Å². The largest absolute Gasteiger partial charge is 0.321 e. The van der Waals surface area contributed by atoms with Crippen LogP contribution in [0, 0.1) is 13.8 Å². The van der Waals surface area contributed by atoms with Crippen LogP contribution in [0.25, 0.3) is 16.3 Å². The highest BCUT2D eigenvalue weighted by atomic mass is 32.2. The minimum absolute atomic E-state index is 0.119. The monoisotopic (exact) mass is 606 g/mol. The van der Waals surface area contributed by atoms with Crippen molar-refractivity contribution < 1.29 is 14.4 Å². The molecule has 1 atom stereocenters. The van der Waals surface area contributed by atoms with E-state index in [0.29, 0.717) is 16.4 Å². The number of hydrogen-bond donors (Lipinski definition) is 3. The molecular weight excluding hydrogens is 577 g/mol. The lowest BCUT2D eigenvalue weighted by Gasteiger charge is -2.13. The second-order valence-electron chi connectivity index (χ2n) is 10.0. The second-order valence-corrected chi connectivity index (χ2v) is 12.5. The van der Waals surface area contributed by atoms with Gasteiger partial charge in [-0.1, -0.05) is 65.4 Å². The Balaban J connectivity index is 1.23. The summed E-state index contributed by atoms with van der Waals surface area (Å²) in [4.78, 5) is 44.4. The van der Waals surface area contributed by atoms with Gasteiger partial charge in [0.1, 0.15) is 5.70 Å². The number of carbonyl (C=O) groups excluding carboxylic acids is 3. The molecule has 0 aliphatic rings. The number of rotatable bonds is 9. The van der Waals surface area contributed by atoms with Gasteiger partial charge in [0.2, 0.25) is 5.91 Å². The Labute approximate surface area is 258 Å². The molecule has 0 aliphatic carbocycles. The van der Waals surface area contributed by atoms with Gasteiger partial charge in [-0.15, -0.1) is 11.8 Å². The average molecular weight is 607 g/mol. The first-order valence-corrected chi connectivity index (χ1v) is 15.3. The van der Waals surface area contributed by atoms with Gasteiger partial charge < -0.3 is 16.0 Å². The van der Waals surface area contributed by atoms with Crippen LogP contribution in [0.5, 0.6) is 0 Å². The smallest absolute Gasteiger partial charge is 0.272 e. The zero-order chi connectivity index (χ0) is 30.3. The molecule has 1 unspecified atom stereocenters. The molecule has 1 aromatic heterocycles. The van der Waals surface area contributed by atoms with Crippen molar-refractivity contribution in [1.29, 1.82) is 0 Å². The van der Waals surface area contributed by atoms with Crippen molar-refractivity contribution in [2.45, 2.75) is 30.9 Å². The molecule has 0 radical (unpaired) electrons. The number of nitrogens with zero attached hydrogens (tertiary/aromatic N) is 1. The maximum atomic E-state index is 13.3. The SMILES string of the molecule is Cc1cccc(/C=C(\NC(=O)c2ccccc2)C(=O)Nc2ccc(SC(C)C(=O)Nc3nc4ccc(C)cc4s3)cc2)c1. The first-order chi connectivity index (χ1) is 20.7. The van der Waals surface area contributed by atoms with E-state index in [1.165, 1.54) is 23.1 Å². The molecule has 5 rings (SSSR count). The molecule has 0 saturated heterocycles. The Morgan fingerprint density at radius 1 is 0.837 bits per heavy atom. The molecule has 7 nitrogen and oxygen atoms in total. The molecule has 0 aliphatic heterocycles. The molecule has 43 heavy (non-hydrogen) atoms. The standard InChI is InChI=1S/C34H30N4O3S2/c1-21-8-7-9-24(18-21)20-29(36-32(40)25-10-5-4-6-11-25)33(41)35-26-13-15-27(16-14-26)42-23(3)31(39)38-34-37-28-17-12-22(2)19-30(28)43-34/h4-20,23H,1-3H3,(H,35,41)(H,36,40)(H,37,38,39)/b29-20-. The molecule has 216 valence electrons. The number of fused-ring (bicyclic) bond motifs is 1. The summed E-state index contributed by atoms with van der Waals surface area (Å²) in [6.07, 6.45) is 1.65. The summed E-state index contributed by atoms with van der Waals surface area (Å²) in [7, 11) is 0. The normalized spacial score (nSPS) is 12.0. The van der Waals surface area contributed by atoms with Crippen molar-refractivity contribution in [3.05, 3.63) is 125 Å². The van der Waals surface area contributed by atoms with Crippen molar-refractivity contribution >= 4 is 67.9 Å². The summed E-state index contributed by atoms with van der Waals surface area (Å²) in [6.45, 7) is 5.83. The molecule has 3 amide bonds. The zero-order valence-electron chi connectivity index (χ0n) is 23.9. The van der Waals surface area contributed by atoms with Crippen LogP contribution in [-0.2, 0) is 9.59 Å². The minimum atomic E-state index is -0.454. The fraction of sp³-hybridized carbons (Fsp3) is 0.118. The van der Waals surface area contributed by atoms with Crippen molar-refractivity contribution in [1.82, 2.24) is 10.3 Å². The number of thiazole rings is 1. The average Bonchev–Trinajstić information content (AvgIpc) is 3.39. The van der Waals surface area contributed by atoms with Gasteiger partial charge in [0.25, 0.3) is 11.8 Å². The first kappa shape index (κ1) is 29.8. The van der Waals surface area contributed by atoms with Crippen LogP contribution >= 0.6 is 23.1 Å². The van der Waals surface area contributed by atoms with Crippen LogP contribution < -0.4 is 16.0 Å². The summed E-state index contributed by atoms with van der Waals surface area (Å²) >= 11 is 2.86. The first-order valence-electron chi connectivity index (χ1n) is 13.6. The predicted molar refractivity (Wildman–Crippen MR) is 176 cm³/mol. The molecule has 4 aromatic carbocycles. The zero-order valence-corrected chi connectivity index (χ0v) is 25.5. The van der Waals surface area contributed by atoms with Crippen LogP contribution in [0.3, 0.4) is 0 Å². The number of carbonyl (C=O) groups is 3. The third kappa shape index (κ3) is 7.97. The lowest BCUT2D eigenvalue weighted by atomic mass is 10.1. The van der Waals surface area contributed by atoms with Gasteiger partial charge in [0.05, 0.1) is 15.5 Å². The highest BCUT2D eigenvalue weighted by Gasteiger charge is 2.18. The molecule has 0 bridgehead atoms. The Kier molecular flexibility index (Phi) is 9.34. The van der Waals surface area contributed by atoms with E-state index >= 15 is 0 Å². The van der Waals surface area contributed by atoms with E-state index in [9.17, 15) is 14.4 Å². The number of nitrogens with one attached hydrogen (secondary N) is 3. The molecular formula is C34H30N4O3S2. The van der Waals surface area contributed by atoms with E-state index in [2.05, 4.69) is 27.0 Å². The molecule has 3 N–H and O–H groups in total. The van der Waals surface area contributed by atoms with Gasteiger partial charge >= 0.3 is 0 Å². The molecule has 9 heteroatoms. The van der Waals surface area contributed by atoms with Crippen LogP contribution in [0.4, 0.5) is 10.8 Å². The molecule has 5 aromatic rings. The highest BCUT2D eigenvalue weighted by Crippen LogP contribution is 2.29. The highest BCUT2D eigenvalue weighted by molar-refractivity contribution is 8.00. The van der Waals surface area contributed by atoms with E-state index in [1.807, 2.05) is 75.4 Å². The van der Waals surface area contributed by atoms with Crippen molar-refractivity contribution in [3.63, 3.8) is 0 Å². The quantitative estimate of drug-likeness (QED) is 0.120. The van der Waals surface area contributed by atoms with E-state index < -0.39 is 5.91 Å². The summed E-state index contributed by atoms with van der Waals surface area (Å²) in [5, 5.41) is 8.75. The minimum Gasteiger partial charge on any atom is -0.321 e. The number of anilines is 2. The summed E-state index contributed by atoms with van der Waals surface area (Å²) in [5.74, 6) is -0.974. The van der Waals surface area contributed by atoms with Crippen molar-refractivity contribution in [2.75, 3.05) is 10.6 Å². The Hall–Kier alpha value is -4.73. The Bertz CT molecular complexity index is 1820. The van der Waals surface area contributed by atoms with Crippen molar-refractivity contribution in [3.8, 4) is 0 Å². The van der Waals surface area contributed by atoms with Crippen LogP contribution in [0.1, 0.15) is 34.0 Å². The fourth-order valence-electron chi connectivity index (χ4n) is 4.23. The lowest BCUT2D eigenvalue weighted by molar-refractivity contribution is -0.115. The molecule has 1 heterocycles. The van der Waals surface area contributed by atoms with Gasteiger partial charge in [-0.05, 0) is 86.5 Å². The third-order valence-electron chi connectivity index (χ3n) is 6.45. The van der Waals surface area contributed by atoms with Gasteiger partial charge in [-0.3, -0.25) is 14.4 Å². The molecule has 0 saturated carbocycles. The summed E-state index contributed by atoms with van der Waals surface area (Å²) < 4.78 is 1.03. The number of hydrogen-bond acceptors (Lipinski definition) is 6. The maximum Gasteiger partial charge on any atom is 0.272 e. The Morgan fingerprint density at radius 2 is 1.58 bits per heavy atom. The van der Waals surface area contributed by atoms with E-state index in [1.54, 1.807) is 42.5 Å². The molecule has 0 fully saturated rings. The number of thioether (sulfide) groups is 1. The topological polar surface area (TPSA) is 100 Å². The Morgan fingerprint density at radius 3 is 2.33 bits per heavy atom. The van der Waals surface area contributed by atoms with Gasteiger partial charge in [0.15, 0.2) is 5.13 Å².